The van der Waals surface area contributed by atoms with Crippen LogP contribution < -0.4 is 5.32 Å². The largest absolute Gasteiger partial charge is 0.372 e. The predicted octanol–water partition coefficient (Wildman–Crippen LogP) is 1.33. The number of imidazole rings is 1. The molecule has 114 valence electrons. The highest BCUT2D eigenvalue weighted by Gasteiger charge is 2.23. The Morgan fingerprint density at radius 3 is 2.67 bits per heavy atom. The third kappa shape index (κ3) is 3.17. The maximum atomic E-state index is 12.5. The summed E-state index contributed by atoms with van der Waals surface area (Å²) >= 11 is 5.98. The summed E-state index contributed by atoms with van der Waals surface area (Å²) in [4.78, 5) is 8.15. The first-order chi connectivity index (χ1) is 9.86. The van der Waals surface area contributed by atoms with Crippen LogP contribution in [0.2, 0.25) is 5.02 Å². The van der Waals surface area contributed by atoms with Crippen molar-refractivity contribution < 1.29 is 8.42 Å². The van der Waals surface area contributed by atoms with Gasteiger partial charge in [0, 0.05) is 39.7 Å². The standard InChI is InChI=1S/C12H16ClN5O2S/c1-14-12-10(13)6-9(7-16-12)21(19,20)18(3)8-11-15-4-5-17(11)2/h4-7H,8H2,1-3H3,(H,14,16). The van der Waals surface area contributed by atoms with Gasteiger partial charge in [-0.1, -0.05) is 11.6 Å². The highest BCUT2D eigenvalue weighted by atomic mass is 35.5. The van der Waals surface area contributed by atoms with Crippen molar-refractivity contribution in [3.63, 3.8) is 0 Å². The normalized spacial score (nSPS) is 11.9. The number of rotatable bonds is 5. The van der Waals surface area contributed by atoms with E-state index in [1.54, 1.807) is 24.0 Å². The topological polar surface area (TPSA) is 80.1 Å². The molecule has 2 heterocycles. The van der Waals surface area contributed by atoms with E-state index in [2.05, 4.69) is 15.3 Å². The van der Waals surface area contributed by atoms with Crippen molar-refractivity contribution in [2.24, 2.45) is 7.05 Å². The van der Waals surface area contributed by atoms with Crippen LogP contribution in [0.5, 0.6) is 0 Å². The average molecular weight is 330 g/mol. The van der Waals surface area contributed by atoms with E-state index in [-0.39, 0.29) is 16.5 Å². The van der Waals surface area contributed by atoms with E-state index in [1.165, 1.54) is 23.6 Å². The van der Waals surface area contributed by atoms with Gasteiger partial charge in [-0.3, -0.25) is 0 Å². The van der Waals surface area contributed by atoms with Crippen molar-refractivity contribution in [2.75, 3.05) is 19.4 Å². The van der Waals surface area contributed by atoms with E-state index in [1.807, 2.05) is 7.05 Å². The molecule has 0 fully saturated rings. The van der Waals surface area contributed by atoms with Gasteiger partial charge in [-0.2, -0.15) is 4.31 Å². The van der Waals surface area contributed by atoms with Gasteiger partial charge in [-0.25, -0.2) is 18.4 Å². The first-order valence-corrected chi connectivity index (χ1v) is 7.94. The third-order valence-electron chi connectivity index (χ3n) is 3.05. The minimum atomic E-state index is -3.67. The van der Waals surface area contributed by atoms with Crippen molar-refractivity contribution >= 4 is 27.4 Å². The van der Waals surface area contributed by atoms with E-state index in [9.17, 15) is 8.42 Å². The fourth-order valence-electron chi connectivity index (χ4n) is 1.76. The van der Waals surface area contributed by atoms with Crippen LogP contribution in [0.25, 0.3) is 0 Å². The molecule has 21 heavy (non-hydrogen) atoms. The molecule has 1 N–H and O–H groups in total. The molecule has 0 radical (unpaired) electrons. The Bertz CT molecular complexity index is 744. The predicted molar refractivity (Wildman–Crippen MR) is 80.7 cm³/mol. The van der Waals surface area contributed by atoms with Crippen LogP contribution in [-0.2, 0) is 23.6 Å². The Morgan fingerprint density at radius 2 is 2.14 bits per heavy atom. The van der Waals surface area contributed by atoms with E-state index >= 15 is 0 Å². The van der Waals surface area contributed by atoms with Gasteiger partial charge in [0.1, 0.15) is 16.5 Å². The van der Waals surface area contributed by atoms with Crippen molar-refractivity contribution in [3.8, 4) is 0 Å². The number of aryl methyl sites for hydroxylation is 1. The second-order valence-electron chi connectivity index (χ2n) is 4.47. The van der Waals surface area contributed by atoms with Crippen LogP contribution in [-0.4, -0.2) is 41.4 Å². The molecule has 0 spiro atoms. The Hall–Kier alpha value is -1.64. The van der Waals surface area contributed by atoms with Crippen molar-refractivity contribution in [3.05, 3.63) is 35.5 Å². The summed E-state index contributed by atoms with van der Waals surface area (Å²) in [6.07, 6.45) is 4.66. The number of nitrogens with one attached hydrogen (secondary N) is 1. The number of sulfonamides is 1. The first kappa shape index (κ1) is 15.7. The molecule has 2 aromatic rings. The Morgan fingerprint density at radius 1 is 1.43 bits per heavy atom. The average Bonchev–Trinajstić information content (AvgIpc) is 2.84. The summed E-state index contributed by atoms with van der Waals surface area (Å²) in [5.74, 6) is 1.08. The monoisotopic (exact) mass is 329 g/mol. The second kappa shape index (κ2) is 6.00. The van der Waals surface area contributed by atoms with Gasteiger partial charge in [0.15, 0.2) is 0 Å². The molecule has 9 heteroatoms. The minimum Gasteiger partial charge on any atom is -0.372 e. The summed E-state index contributed by atoms with van der Waals surface area (Å²) < 4.78 is 28.0. The molecule has 0 aliphatic heterocycles. The van der Waals surface area contributed by atoms with Crippen LogP contribution >= 0.6 is 11.6 Å². The summed E-state index contributed by atoms with van der Waals surface area (Å²) in [7, 11) is 1.29. The van der Waals surface area contributed by atoms with Gasteiger partial charge < -0.3 is 9.88 Å². The molecule has 0 saturated heterocycles. The number of aromatic nitrogens is 3. The zero-order chi connectivity index (χ0) is 15.6. The SMILES string of the molecule is CNc1ncc(S(=O)(=O)N(C)Cc2nccn2C)cc1Cl. The number of pyridine rings is 1. The minimum absolute atomic E-state index is 0.0446. The van der Waals surface area contributed by atoms with Gasteiger partial charge in [-0.05, 0) is 6.07 Å². The van der Waals surface area contributed by atoms with E-state index in [4.69, 9.17) is 11.6 Å². The molecule has 0 saturated carbocycles. The zero-order valence-corrected chi connectivity index (χ0v) is 13.5. The highest BCUT2D eigenvalue weighted by Crippen LogP contribution is 2.24. The fraction of sp³-hybridized carbons (Fsp3) is 0.333. The maximum Gasteiger partial charge on any atom is 0.244 e. The summed E-state index contributed by atoms with van der Waals surface area (Å²) in [6.45, 7) is 0.164. The number of halogens is 1. The van der Waals surface area contributed by atoms with Crippen LogP contribution in [0.1, 0.15) is 5.82 Å². The number of nitrogens with zero attached hydrogens (tertiary/aromatic N) is 4. The van der Waals surface area contributed by atoms with Gasteiger partial charge in [-0.15, -0.1) is 0 Å². The third-order valence-corrected chi connectivity index (χ3v) is 5.10. The molecule has 0 bridgehead atoms. The van der Waals surface area contributed by atoms with Gasteiger partial charge >= 0.3 is 0 Å². The fourth-order valence-corrected chi connectivity index (χ4v) is 3.18. The molecule has 0 unspecified atom stereocenters. The molecule has 0 aliphatic carbocycles. The van der Waals surface area contributed by atoms with Gasteiger partial charge in [0.05, 0.1) is 11.6 Å². The van der Waals surface area contributed by atoms with Gasteiger partial charge in [0.25, 0.3) is 0 Å². The lowest BCUT2D eigenvalue weighted by Gasteiger charge is -2.17. The molecule has 0 atom stereocenters. The Labute approximate surface area is 128 Å². The molecule has 2 aromatic heterocycles. The second-order valence-corrected chi connectivity index (χ2v) is 6.92. The summed E-state index contributed by atoms with van der Waals surface area (Å²) in [5, 5.41) is 3.04. The Kier molecular flexibility index (Phi) is 4.50. The number of anilines is 1. The van der Waals surface area contributed by atoms with Crippen LogP contribution in [0, 0.1) is 0 Å². The lowest BCUT2D eigenvalue weighted by atomic mass is 10.4. The molecule has 0 aliphatic rings. The van der Waals surface area contributed by atoms with Crippen LogP contribution in [0.3, 0.4) is 0 Å². The van der Waals surface area contributed by atoms with E-state index < -0.39 is 10.0 Å². The molecular weight excluding hydrogens is 314 g/mol. The number of hydrogen-bond donors (Lipinski definition) is 1. The first-order valence-electron chi connectivity index (χ1n) is 6.12. The summed E-state index contributed by atoms with van der Waals surface area (Å²) in [6, 6.07) is 1.38. The van der Waals surface area contributed by atoms with Crippen molar-refractivity contribution in [2.45, 2.75) is 11.4 Å². The quantitative estimate of drug-likeness (QED) is 0.895. The van der Waals surface area contributed by atoms with Crippen LogP contribution in [0.15, 0.2) is 29.6 Å². The zero-order valence-electron chi connectivity index (χ0n) is 11.9. The lowest BCUT2D eigenvalue weighted by Crippen LogP contribution is -2.28. The highest BCUT2D eigenvalue weighted by molar-refractivity contribution is 7.89. The van der Waals surface area contributed by atoms with E-state index in [0.29, 0.717) is 11.6 Å². The lowest BCUT2D eigenvalue weighted by molar-refractivity contribution is 0.451. The van der Waals surface area contributed by atoms with Gasteiger partial charge in [0.2, 0.25) is 10.0 Å². The Balaban J connectivity index is 2.29. The molecule has 2 rings (SSSR count). The smallest absolute Gasteiger partial charge is 0.244 e. The number of hydrogen-bond acceptors (Lipinski definition) is 5. The van der Waals surface area contributed by atoms with E-state index in [0.717, 1.165) is 0 Å². The maximum absolute atomic E-state index is 12.5. The molecule has 0 aromatic carbocycles. The summed E-state index contributed by atoms with van der Waals surface area (Å²) in [5.41, 5.74) is 0. The van der Waals surface area contributed by atoms with Crippen molar-refractivity contribution in [1.29, 1.82) is 0 Å². The van der Waals surface area contributed by atoms with Crippen molar-refractivity contribution in [1.82, 2.24) is 18.8 Å². The molecule has 7 nitrogen and oxygen atoms in total. The molecular formula is C12H16ClN5O2S. The van der Waals surface area contributed by atoms with Crippen LogP contribution in [0.4, 0.5) is 5.82 Å². The molecule has 0 amide bonds.